The molecule has 92 valence electrons. The van der Waals surface area contributed by atoms with Gasteiger partial charge in [0.1, 0.15) is 0 Å². The number of rotatable bonds is 2. The number of hydrogen-bond donors (Lipinski definition) is 2. The van der Waals surface area contributed by atoms with Crippen molar-refractivity contribution in [1.29, 1.82) is 0 Å². The molecule has 2 rings (SSSR count). The van der Waals surface area contributed by atoms with Crippen LogP contribution >= 0.6 is 0 Å². The second-order valence-electron chi connectivity index (χ2n) is 4.55. The van der Waals surface area contributed by atoms with Crippen molar-refractivity contribution in [2.45, 2.75) is 38.5 Å². The normalized spacial score (nSPS) is 22.4. The van der Waals surface area contributed by atoms with Crippen LogP contribution in [0.4, 0.5) is 4.79 Å². The molecule has 0 unspecified atom stereocenters. The van der Waals surface area contributed by atoms with Gasteiger partial charge in [0.25, 0.3) is 0 Å². The van der Waals surface area contributed by atoms with E-state index in [0.29, 0.717) is 6.42 Å². The Labute approximate surface area is 101 Å². The summed E-state index contributed by atoms with van der Waals surface area (Å²) in [5.41, 5.74) is 2.05. The number of amides is 1. The van der Waals surface area contributed by atoms with E-state index in [4.69, 9.17) is 4.74 Å². The molecule has 0 aliphatic heterocycles. The van der Waals surface area contributed by atoms with Crippen LogP contribution < -0.4 is 5.32 Å². The summed E-state index contributed by atoms with van der Waals surface area (Å²) in [4.78, 5) is 11.5. The first-order valence-electron chi connectivity index (χ1n) is 5.81. The van der Waals surface area contributed by atoms with Gasteiger partial charge in [0, 0.05) is 6.42 Å². The number of carbonyl (C=O) groups is 1. The average Bonchev–Trinajstić information content (AvgIpc) is 2.55. The lowest BCUT2D eigenvalue weighted by molar-refractivity contribution is 0.0939. The third-order valence-electron chi connectivity index (χ3n) is 2.82. The van der Waals surface area contributed by atoms with E-state index in [-0.39, 0.29) is 12.1 Å². The third-order valence-corrected chi connectivity index (χ3v) is 2.82. The van der Waals surface area contributed by atoms with Gasteiger partial charge in [-0.15, -0.1) is 0 Å². The summed E-state index contributed by atoms with van der Waals surface area (Å²) in [7, 11) is 0. The molecule has 4 nitrogen and oxygen atoms in total. The number of carbonyl (C=O) groups excluding carboxylic acids is 1. The molecule has 0 saturated heterocycles. The molecule has 2 atom stereocenters. The van der Waals surface area contributed by atoms with E-state index in [2.05, 4.69) is 5.32 Å². The number of hydrogen-bond acceptors (Lipinski definition) is 3. The molecule has 1 aliphatic rings. The summed E-state index contributed by atoms with van der Waals surface area (Å²) >= 11 is 0. The number of ether oxygens (including phenoxy) is 1. The van der Waals surface area contributed by atoms with Gasteiger partial charge < -0.3 is 15.2 Å². The molecule has 1 amide bonds. The maximum Gasteiger partial charge on any atom is 0.407 e. The highest BCUT2D eigenvalue weighted by Crippen LogP contribution is 2.31. The van der Waals surface area contributed by atoms with Crippen molar-refractivity contribution >= 4 is 6.09 Å². The van der Waals surface area contributed by atoms with Gasteiger partial charge in [-0.3, -0.25) is 0 Å². The smallest absolute Gasteiger partial charge is 0.407 e. The molecule has 0 saturated carbocycles. The van der Waals surface area contributed by atoms with Crippen LogP contribution in [0.15, 0.2) is 24.3 Å². The van der Waals surface area contributed by atoms with Crippen LogP contribution in [0.2, 0.25) is 0 Å². The first kappa shape index (κ1) is 11.9. The van der Waals surface area contributed by atoms with Gasteiger partial charge in [0.15, 0.2) is 0 Å². The molecule has 17 heavy (non-hydrogen) atoms. The Kier molecular flexibility index (Phi) is 3.33. The Morgan fingerprint density at radius 2 is 2.18 bits per heavy atom. The van der Waals surface area contributed by atoms with E-state index < -0.39 is 12.2 Å². The standard InChI is InChI=1S/C13H17NO3/c1-8(2)17-13(16)14-12-10-6-4-3-5-9(10)7-11(12)15/h3-6,8,11-12,15H,7H2,1-2H3,(H,14,16)/t11-,12+/m1/s1. The van der Waals surface area contributed by atoms with E-state index in [1.54, 1.807) is 13.8 Å². The zero-order valence-electron chi connectivity index (χ0n) is 10.0. The van der Waals surface area contributed by atoms with E-state index in [1.165, 1.54) is 0 Å². The molecule has 0 bridgehead atoms. The van der Waals surface area contributed by atoms with Crippen LogP contribution in [0.3, 0.4) is 0 Å². The van der Waals surface area contributed by atoms with Crippen molar-refractivity contribution < 1.29 is 14.6 Å². The van der Waals surface area contributed by atoms with Crippen molar-refractivity contribution in [2.24, 2.45) is 0 Å². The quantitative estimate of drug-likeness (QED) is 0.821. The zero-order chi connectivity index (χ0) is 12.4. The van der Waals surface area contributed by atoms with Crippen molar-refractivity contribution in [1.82, 2.24) is 5.32 Å². The summed E-state index contributed by atoms with van der Waals surface area (Å²) in [5, 5.41) is 12.6. The molecule has 1 aromatic carbocycles. The summed E-state index contributed by atoms with van der Waals surface area (Å²) < 4.78 is 5.01. The number of aliphatic hydroxyl groups excluding tert-OH is 1. The van der Waals surface area contributed by atoms with Crippen molar-refractivity contribution in [3.05, 3.63) is 35.4 Å². The molecular formula is C13H17NO3. The summed E-state index contributed by atoms with van der Waals surface area (Å²) in [6, 6.07) is 7.36. The molecule has 0 aromatic heterocycles. The van der Waals surface area contributed by atoms with Gasteiger partial charge in [-0.05, 0) is 25.0 Å². The first-order chi connectivity index (χ1) is 8.08. The molecule has 1 aliphatic carbocycles. The highest BCUT2D eigenvalue weighted by atomic mass is 16.6. The second kappa shape index (κ2) is 4.75. The van der Waals surface area contributed by atoms with Crippen molar-refractivity contribution in [3.8, 4) is 0 Å². The Bertz CT molecular complexity index is 417. The van der Waals surface area contributed by atoms with Crippen molar-refractivity contribution in [2.75, 3.05) is 0 Å². The molecule has 2 N–H and O–H groups in total. The fourth-order valence-electron chi connectivity index (χ4n) is 2.12. The predicted octanol–water partition coefficient (Wildman–Crippen LogP) is 1.78. The van der Waals surface area contributed by atoms with Gasteiger partial charge in [0.2, 0.25) is 0 Å². The highest BCUT2D eigenvalue weighted by molar-refractivity contribution is 5.68. The van der Waals surface area contributed by atoms with Gasteiger partial charge >= 0.3 is 6.09 Å². The van der Waals surface area contributed by atoms with Gasteiger partial charge in [0.05, 0.1) is 18.2 Å². The molecule has 0 radical (unpaired) electrons. The van der Waals surface area contributed by atoms with Gasteiger partial charge in [-0.2, -0.15) is 0 Å². The van der Waals surface area contributed by atoms with Crippen LogP contribution in [0, 0.1) is 0 Å². The third kappa shape index (κ3) is 2.58. The van der Waals surface area contributed by atoms with Crippen LogP contribution in [0.25, 0.3) is 0 Å². The van der Waals surface area contributed by atoms with Crippen LogP contribution in [-0.4, -0.2) is 23.4 Å². The fourth-order valence-corrected chi connectivity index (χ4v) is 2.12. The summed E-state index contributed by atoms with van der Waals surface area (Å²) in [5.74, 6) is 0. The van der Waals surface area contributed by atoms with Crippen molar-refractivity contribution in [3.63, 3.8) is 0 Å². The second-order valence-corrected chi connectivity index (χ2v) is 4.55. The fraction of sp³-hybridized carbons (Fsp3) is 0.462. The number of aliphatic hydroxyl groups is 1. The Morgan fingerprint density at radius 3 is 2.88 bits per heavy atom. The number of nitrogens with one attached hydrogen (secondary N) is 1. The topological polar surface area (TPSA) is 58.6 Å². The van der Waals surface area contributed by atoms with E-state index in [1.807, 2.05) is 24.3 Å². The number of fused-ring (bicyclic) bond motifs is 1. The molecule has 0 fully saturated rings. The van der Waals surface area contributed by atoms with E-state index in [9.17, 15) is 9.90 Å². The summed E-state index contributed by atoms with van der Waals surface area (Å²) in [6.07, 6.45) is -0.653. The number of benzene rings is 1. The number of alkyl carbamates (subject to hydrolysis) is 1. The maximum absolute atomic E-state index is 11.5. The largest absolute Gasteiger partial charge is 0.447 e. The lowest BCUT2D eigenvalue weighted by Gasteiger charge is -2.18. The minimum Gasteiger partial charge on any atom is -0.447 e. The highest BCUT2D eigenvalue weighted by Gasteiger charge is 2.32. The van der Waals surface area contributed by atoms with Crippen LogP contribution in [-0.2, 0) is 11.2 Å². The molecule has 0 heterocycles. The summed E-state index contributed by atoms with van der Waals surface area (Å²) in [6.45, 7) is 3.58. The zero-order valence-corrected chi connectivity index (χ0v) is 10.0. The Hall–Kier alpha value is -1.55. The van der Waals surface area contributed by atoms with Crippen LogP contribution in [0.1, 0.15) is 31.0 Å². The average molecular weight is 235 g/mol. The molecule has 4 heteroatoms. The van der Waals surface area contributed by atoms with Gasteiger partial charge in [-0.1, -0.05) is 24.3 Å². The molecular weight excluding hydrogens is 218 g/mol. The lowest BCUT2D eigenvalue weighted by Crippen LogP contribution is -2.35. The predicted molar refractivity (Wildman–Crippen MR) is 63.6 cm³/mol. The first-order valence-corrected chi connectivity index (χ1v) is 5.81. The minimum atomic E-state index is -0.577. The van der Waals surface area contributed by atoms with Gasteiger partial charge in [-0.25, -0.2) is 4.79 Å². The lowest BCUT2D eigenvalue weighted by atomic mass is 10.1. The van der Waals surface area contributed by atoms with Crippen LogP contribution in [0.5, 0.6) is 0 Å². The maximum atomic E-state index is 11.5. The minimum absolute atomic E-state index is 0.163. The Balaban J connectivity index is 2.09. The monoisotopic (exact) mass is 235 g/mol. The SMILES string of the molecule is CC(C)OC(=O)N[C@H]1c2ccccc2C[C@H]1O. The molecule has 0 spiro atoms. The van der Waals surface area contributed by atoms with E-state index >= 15 is 0 Å². The Morgan fingerprint density at radius 1 is 1.47 bits per heavy atom. The molecule has 1 aromatic rings. The van der Waals surface area contributed by atoms with E-state index in [0.717, 1.165) is 11.1 Å².